The first-order chi connectivity index (χ1) is 9.92. The van der Waals surface area contributed by atoms with Crippen LogP contribution in [0.4, 0.5) is 0 Å². The zero-order chi connectivity index (χ0) is 15.6. The van der Waals surface area contributed by atoms with E-state index in [0.29, 0.717) is 17.7 Å². The molecule has 6 heteroatoms. The number of hydrogen-bond acceptors (Lipinski definition) is 5. The van der Waals surface area contributed by atoms with Gasteiger partial charge in [-0.1, -0.05) is 0 Å². The number of fused-ring (bicyclic) bond motifs is 1. The molecule has 2 rings (SSSR count). The molecule has 0 saturated heterocycles. The van der Waals surface area contributed by atoms with Crippen molar-refractivity contribution in [2.75, 3.05) is 20.6 Å². The Kier molecular flexibility index (Phi) is 4.28. The second-order valence-corrected chi connectivity index (χ2v) is 5.02. The molecule has 21 heavy (non-hydrogen) atoms. The summed E-state index contributed by atoms with van der Waals surface area (Å²) >= 11 is 0. The van der Waals surface area contributed by atoms with Gasteiger partial charge in [0.25, 0.3) is 0 Å². The smallest absolute Gasteiger partial charge is 0.336 e. The molecule has 0 spiro atoms. The standard InChI is InChI=1S/C15H18N2O4/c1-9-12(18)5-4-11-10(6-14(20)21-15(9)11)7-17(3)8-13(19)16-2/h4-6,18H,7-8H2,1-3H3,(H,16,19). The van der Waals surface area contributed by atoms with Gasteiger partial charge in [-0.25, -0.2) is 4.79 Å². The quantitative estimate of drug-likeness (QED) is 0.820. The number of hydrogen-bond donors (Lipinski definition) is 2. The van der Waals surface area contributed by atoms with Gasteiger partial charge in [0.15, 0.2) is 0 Å². The normalized spacial score (nSPS) is 11.0. The predicted octanol–water partition coefficient (Wildman–Crippen LogP) is 0.985. The third-order valence-corrected chi connectivity index (χ3v) is 3.35. The van der Waals surface area contributed by atoms with Crippen molar-refractivity contribution < 1.29 is 14.3 Å². The lowest BCUT2D eigenvalue weighted by Gasteiger charge is -2.16. The summed E-state index contributed by atoms with van der Waals surface area (Å²) in [6.07, 6.45) is 0. The Balaban J connectivity index is 2.42. The molecule has 0 saturated carbocycles. The van der Waals surface area contributed by atoms with Crippen LogP contribution in [0.5, 0.6) is 5.75 Å². The van der Waals surface area contributed by atoms with Crippen molar-refractivity contribution in [2.24, 2.45) is 0 Å². The van der Waals surface area contributed by atoms with Crippen molar-refractivity contribution in [2.45, 2.75) is 13.5 Å². The summed E-state index contributed by atoms with van der Waals surface area (Å²) in [7, 11) is 3.37. The van der Waals surface area contributed by atoms with Crippen LogP contribution in [0.25, 0.3) is 11.0 Å². The second-order valence-electron chi connectivity index (χ2n) is 5.02. The molecule has 0 radical (unpaired) electrons. The molecular formula is C15H18N2O4. The van der Waals surface area contributed by atoms with Gasteiger partial charge in [0.1, 0.15) is 11.3 Å². The zero-order valence-electron chi connectivity index (χ0n) is 12.3. The van der Waals surface area contributed by atoms with Gasteiger partial charge in [-0.05, 0) is 31.7 Å². The van der Waals surface area contributed by atoms with Crippen LogP contribution in [0, 0.1) is 6.92 Å². The van der Waals surface area contributed by atoms with Crippen molar-refractivity contribution in [3.05, 3.63) is 39.7 Å². The number of benzene rings is 1. The average molecular weight is 290 g/mol. The van der Waals surface area contributed by atoms with E-state index in [1.54, 1.807) is 38.1 Å². The molecule has 1 heterocycles. The van der Waals surface area contributed by atoms with Gasteiger partial charge in [-0.3, -0.25) is 9.69 Å². The van der Waals surface area contributed by atoms with Crippen LogP contribution in [0.2, 0.25) is 0 Å². The first kappa shape index (κ1) is 15.1. The molecule has 1 amide bonds. The molecule has 112 valence electrons. The Morgan fingerprint density at radius 1 is 1.43 bits per heavy atom. The first-order valence-corrected chi connectivity index (χ1v) is 6.56. The third-order valence-electron chi connectivity index (χ3n) is 3.35. The molecule has 0 atom stereocenters. The van der Waals surface area contributed by atoms with Crippen LogP contribution in [0.1, 0.15) is 11.1 Å². The van der Waals surface area contributed by atoms with Gasteiger partial charge >= 0.3 is 5.63 Å². The summed E-state index contributed by atoms with van der Waals surface area (Å²) in [6.45, 7) is 2.35. The van der Waals surface area contributed by atoms with Crippen LogP contribution in [-0.4, -0.2) is 36.6 Å². The summed E-state index contributed by atoms with van der Waals surface area (Å²) in [5.74, 6) is -0.0138. The number of likely N-dealkylation sites (N-methyl/N-ethyl adjacent to an activating group) is 2. The van der Waals surface area contributed by atoms with E-state index in [2.05, 4.69) is 5.32 Å². The lowest BCUT2D eigenvalue weighted by atomic mass is 10.1. The summed E-state index contributed by atoms with van der Waals surface area (Å²) < 4.78 is 5.18. The molecule has 2 aromatic rings. The monoisotopic (exact) mass is 290 g/mol. The van der Waals surface area contributed by atoms with Gasteiger partial charge in [0.2, 0.25) is 5.91 Å². The molecule has 1 aromatic heterocycles. The van der Waals surface area contributed by atoms with Crippen molar-refractivity contribution in [3.63, 3.8) is 0 Å². The third kappa shape index (κ3) is 3.22. The highest BCUT2D eigenvalue weighted by Gasteiger charge is 2.13. The molecule has 6 nitrogen and oxygen atoms in total. The number of rotatable bonds is 4. The highest BCUT2D eigenvalue weighted by molar-refractivity contribution is 5.85. The maximum Gasteiger partial charge on any atom is 0.336 e. The highest BCUT2D eigenvalue weighted by atomic mass is 16.4. The number of carbonyl (C=O) groups excluding carboxylic acids is 1. The Hall–Kier alpha value is -2.34. The number of phenolic OH excluding ortho intramolecular Hbond substituents is 1. The van der Waals surface area contributed by atoms with E-state index < -0.39 is 5.63 Å². The fraction of sp³-hybridized carbons (Fsp3) is 0.333. The number of nitrogens with one attached hydrogen (secondary N) is 1. The van der Waals surface area contributed by atoms with Crippen molar-refractivity contribution in [1.29, 1.82) is 0 Å². The van der Waals surface area contributed by atoms with Gasteiger partial charge in [-0.15, -0.1) is 0 Å². The lowest BCUT2D eigenvalue weighted by molar-refractivity contribution is -0.121. The average Bonchev–Trinajstić information content (AvgIpc) is 2.43. The lowest BCUT2D eigenvalue weighted by Crippen LogP contribution is -2.32. The fourth-order valence-electron chi connectivity index (χ4n) is 2.22. The number of phenols is 1. The van der Waals surface area contributed by atoms with Crippen LogP contribution in [-0.2, 0) is 11.3 Å². The summed E-state index contributed by atoms with van der Waals surface area (Å²) in [4.78, 5) is 24.9. The van der Waals surface area contributed by atoms with Gasteiger partial charge in [0.05, 0.1) is 6.54 Å². The second kappa shape index (κ2) is 5.97. The minimum absolute atomic E-state index is 0.0847. The maximum atomic E-state index is 11.7. The number of nitrogens with zero attached hydrogens (tertiary/aromatic N) is 1. The molecule has 2 N–H and O–H groups in total. The SMILES string of the molecule is CNC(=O)CN(C)Cc1cc(=O)oc2c(C)c(O)ccc12. The summed E-state index contributed by atoms with van der Waals surface area (Å²) in [5.41, 5.74) is 1.20. The number of amides is 1. The molecule has 0 unspecified atom stereocenters. The van der Waals surface area contributed by atoms with Crippen molar-refractivity contribution in [3.8, 4) is 5.75 Å². The van der Waals surface area contributed by atoms with E-state index in [1.807, 2.05) is 0 Å². The Labute approximate surface area is 122 Å². The van der Waals surface area contributed by atoms with Crippen LogP contribution in [0.15, 0.2) is 27.4 Å². The van der Waals surface area contributed by atoms with Crippen molar-refractivity contribution >= 4 is 16.9 Å². The molecule has 0 aliphatic carbocycles. The molecule has 0 fully saturated rings. The van der Waals surface area contributed by atoms with E-state index in [0.717, 1.165) is 10.9 Å². The topological polar surface area (TPSA) is 82.8 Å². The molecule has 0 aliphatic heterocycles. The molecular weight excluding hydrogens is 272 g/mol. The largest absolute Gasteiger partial charge is 0.508 e. The van der Waals surface area contributed by atoms with E-state index in [1.165, 1.54) is 6.07 Å². The maximum absolute atomic E-state index is 11.7. The summed E-state index contributed by atoms with van der Waals surface area (Å²) in [6, 6.07) is 4.70. The van der Waals surface area contributed by atoms with Crippen LogP contribution < -0.4 is 10.9 Å². The number of aromatic hydroxyl groups is 1. The minimum Gasteiger partial charge on any atom is -0.508 e. The van der Waals surface area contributed by atoms with E-state index >= 15 is 0 Å². The number of carbonyl (C=O) groups is 1. The first-order valence-electron chi connectivity index (χ1n) is 6.56. The van der Waals surface area contributed by atoms with Gasteiger partial charge in [0, 0.05) is 30.6 Å². The van der Waals surface area contributed by atoms with Crippen molar-refractivity contribution in [1.82, 2.24) is 10.2 Å². The minimum atomic E-state index is -0.473. The molecule has 0 bridgehead atoms. The Bertz CT molecular complexity index is 736. The van der Waals surface area contributed by atoms with Crippen LogP contribution in [0.3, 0.4) is 0 Å². The fourth-order valence-corrected chi connectivity index (χ4v) is 2.22. The zero-order valence-corrected chi connectivity index (χ0v) is 12.3. The van der Waals surface area contributed by atoms with E-state index in [-0.39, 0.29) is 18.2 Å². The summed E-state index contributed by atoms with van der Waals surface area (Å²) in [5, 5.41) is 13.0. The Morgan fingerprint density at radius 2 is 2.14 bits per heavy atom. The highest BCUT2D eigenvalue weighted by Crippen LogP contribution is 2.27. The Morgan fingerprint density at radius 3 is 2.81 bits per heavy atom. The molecule has 1 aromatic carbocycles. The van der Waals surface area contributed by atoms with Gasteiger partial charge in [-0.2, -0.15) is 0 Å². The van der Waals surface area contributed by atoms with E-state index in [9.17, 15) is 14.7 Å². The molecule has 0 aliphatic rings. The number of aryl methyl sites for hydroxylation is 1. The van der Waals surface area contributed by atoms with E-state index in [4.69, 9.17) is 4.42 Å². The van der Waals surface area contributed by atoms with Crippen LogP contribution >= 0.6 is 0 Å². The van der Waals surface area contributed by atoms with Gasteiger partial charge < -0.3 is 14.8 Å². The predicted molar refractivity (Wildman–Crippen MR) is 79.3 cm³/mol.